The molecule has 6 nitrogen and oxygen atoms in total. The molecular formula is C25H33FN2O4. The summed E-state index contributed by atoms with van der Waals surface area (Å²) in [6.45, 7) is 4.73. The highest BCUT2D eigenvalue weighted by atomic mass is 19.1. The van der Waals surface area contributed by atoms with Gasteiger partial charge in [0.25, 0.3) is 5.91 Å². The first-order valence-electron chi connectivity index (χ1n) is 11.1. The van der Waals surface area contributed by atoms with Crippen molar-refractivity contribution in [3.05, 3.63) is 59.4 Å². The molecule has 2 aromatic rings. The number of rotatable bonds is 10. The van der Waals surface area contributed by atoms with Crippen LogP contribution >= 0.6 is 0 Å². The molecule has 32 heavy (non-hydrogen) atoms. The van der Waals surface area contributed by atoms with Crippen molar-refractivity contribution in [2.45, 2.75) is 38.3 Å². The molecular weight excluding hydrogens is 411 g/mol. The van der Waals surface area contributed by atoms with Crippen LogP contribution in [0.2, 0.25) is 0 Å². The lowest BCUT2D eigenvalue weighted by molar-refractivity contribution is 0.0772. The fourth-order valence-electron chi connectivity index (χ4n) is 4.00. The van der Waals surface area contributed by atoms with Gasteiger partial charge in [-0.15, -0.1) is 0 Å². The van der Waals surface area contributed by atoms with E-state index in [1.165, 1.54) is 6.07 Å². The number of methoxy groups -OCH3 is 2. The Morgan fingerprint density at radius 1 is 1.19 bits per heavy atom. The Morgan fingerprint density at radius 2 is 1.94 bits per heavy atom. The highest BCUT2D eigenvalue weighted by Crippen LogP contribution is 2.28. The van der Waals surface area contributed by atoms with Gasteiger partial charge >= 0.3 is 0 Å². The van der Waals surface area contributed by atoms with Crippen LogP contribution in [0.4, 0.5) is 4.39 Å². The van der Waals surface area contributed by atoms with E-state index >= 15 is 0 Å². The van der Waals surface area contributed by atoms with Crippen molar-refractivity contribution in [1.29, 1.82) is 0 Å². The van der Waals surface area contributed by atoms with Gasteiger partial charge in [0.1, 0.15) is 23.4 Å². The van der Waals surface area contributed by atoms with Crippen LogP contribution in [0, 0.1) is 5.82 Å². The summed E-state index contributed by atoms with van der Waals surface area (Å²) in [5, 5.41) is 2.84. The lowest BCUT2D eigenvalue weighted by Crippen LogP contribution is -2.44. The van der Waals surface area contributed by atoms with Gasteiger partial charge < -0.3 is 24.4 Å². The lowest BCUT2D eigenvalue weighted by atomic mass is 10.0. The van der Waals surface area contributed by atoms with Gasteiger partial charge in [-0.2, -0.15) is 0 Å². The van der Waals surface area contributed by atoms with Gasteiger partial charge in [-0.1, -0.05) is 18.2 Å². The monoisotopic (exact) mass is 444 g/mol. The third-order valence-corrected chi connectivity index (χ3v) is 5.89. The molecule has 1 unspecified atom stereocenters. The Kier molecular flexibility index (Phi) is 8.88. The van der Waals surface area contributed by atoms with Crippen LogP contribution in [0.25, 0.3) is 0 Å². The summed E-state index contributed by atoms with van der Waals surface area (Å²) in [7, 11) is 3.19. The Bertz CT molecular complexity index is 884. The second-order valence-corrected chi connectivity index (χ2v) is 8.11. The van der Waals surface area contributed by atoms with Crippen molar-refractivity contribution in [3.63, 3.8) is 0 Å². The summed E-state index contributed by atoms with van der Waals surface area (Å²) in [4.78, 5) is 15.0. The first-order valence-corrected chi connectivity index (χ1v) is 11.1. The van der Waals surface area contributed by atoms with Gasteiger partial charge in [-0.25, -0.2) is 4.39 Å². The van der Waals surface area contributed by atoms with Gasteiger partial charge in [0.2, 0.25) is 0 Å². The second kappa shape index (κ2) is 11.8. The fourth-order valence-corrected chi connectivity index (χ4v) is 4.00. The smallest absolute Gasteiger partial charge is 0.255 e. The first kappa shape index (κ1) is 24.0. The lowest BCUT2D eigenvalue weighted by Gasteiger charge is -2.36. The topological polar surface area (TPSA) is 60.0 Å². The van der Waals surface area contributed by atoms with E-state index < -0.39 is 0 Å². The molecule has 2 aromatic carbocycles. The van der Waals surface area contributed by atoms with E-state index in [2.05, 4.69) is 17.1 Å². The molecule has 1 aliphatic rings. The van der Waals surface area contributed by atoms with Crippen LogP contribution in [0.5, 0.6) is 11.5 Å². The predicted molar refractivity (Wildman–Crippen MR) is 122 cm³/mol. The zero-order valence-electron chi connectivity index (χ0n) is 19.1. The number of hydrogen-bond donors (Lipinski definition) is 1. The maximum atomic E-state index is 14.0. The maximum Gasteiger partial charge on any atom is 0.255 e. The summed E-state index contributed by atoms with van der Waals surface area (Å²) in [6.07, 6.45) is 2.36. The van der Waals surface area contributed by atoms with Gasteiger partial charge in [-0.3, -0.25) is 4.79 Å². The number of likely N-dealkylation sites (tertiary alicyclic amines) is 1. The molecule has 7 heteroatoms. The van der Waals surface area contributed by atoms with E-state index in [4.69, 9.17) is 14.2 Å². The zero-order chi connectivity index (χ0) is 22.9. The molecule has 0 aliphatic carbocycles. The number of nitrogens with one attached hydrogen (secondary N) is 1. The van der Waals surface area contributed by atoms with Gasteiger partial charge in [0.05, 0.1) is 19.3 Å². The standard InChI is InChI=1S/C25H33FN2O4/c1-18(16-19-6-4-5-7-23(19)26)28-13-10-20(11-14-28)32-24-17-21(31-3)8-9-22(24)25(29)27-12-15-30-2/h4-9,17-18,20H,10-16H2,1-3H3,(H,27,29). The molecule has 0 saturated carbocycles. The number of hydrogen-bond acceptors (Lipinski definition) is 5. The third kappa shape index (κ3) is 6.43. The van der Waals surface area contributed by atoms with Gasteiger partial charge in [0, 0.05) is 38.9 Å². The average Bonchev–Trinajstić information content (AvgIpc) is 2.81. The van der Waals surface area contributed by atoms with Crippen LogP contribution in [0.3, 0.4) is 0 Å². The number of halogens is 1. The van der Waals surface area contributed by atoms with Crippen LogP contribution in [0.1, 0.15) is 35.7 Å². The number of benzene rings is 2. The second-order valence-electron chi connectivity index (χ2n) is 8.11. The molecule has 0 bridgehead atoms. The molecule has 1 heterocycles. The van der Waals surface area contributed by atoms with E-state index in [1.54, 1.807) is 38.5 Å². The molecule has 1 fully saturated rings. The van der Waals surface area contributed by atoms with Gasteiger partial charge in [-0.05, 0) is 49.9 Å². The van der Waals surface area contributed by atoms with Crippen LogP contribution < -0.4 is 14.8 Å². The SMILES string of the molecule is COCCNC(=O)c1ccc(OC)cc1OC1CCN(C(C)Cc2ccccc2F)CC1. The molecule has 0 radical (unpaired) electrons. The number of piperidine rings is 1. The minimum absolute atomic E-state index is 0.00421. The molecule has 1 atom stereocenters. The average molecular weight is 445 g/mol. The van der Waals surface area contributed by atoms with Crippen molar-refractivity contribution in [2.75, 3.05) is 40.5 Å². The Morgan fingerprint density at radius 3 is 2.62 bits per heavy atom. The minimum atomic E-state index is -0.198. The zero-order valence-corrected chi connectivity index (χ0v) is 19.1. The quantitative estimate of drug-likeness (QED) is 0.567. The number of nitrogens with zero attached hydrogens (tertiary/aromatic N) is 1. The van der Waals surface area contributed by atoms with Crippen molar-refractivity contribution >= 4 is 5.91 Å². The summed E-state index contributed by atoms with van der Waals surface area (Å²) < 4.78 is 30.6. The van der Waals surface area contributed by atoms with E-state index in [9.17, 15) is 9.18 Å². The number of carbonyl (C=O) groups excluding carboxylic acids is 1. The van der Waals surface area contributed by atoms with Crippen LogP contribution in [0.15, 0.2) is 42.5 Å². The minimum Gasteiger partial charge on any atom is -0.497 e. The maximum absolute atomic E-state index is 14.0. The molecule has 1 amide bonds. The predicted octanol–water partition coefficient (Wildman–Crippen LogP) is 3.68. The highest BCUT2D eigenvalue weighted by molar-refractivity contribution is 5.97. The molecule has 3 rings (SSSR count). The Balaban J connectivity index is 1.59. The molecule has 0 aromatic heterocycles. The largest absolute Gasteiger partial charge is 0.497 e. The van der Waals surface area contributed by atoms with Crippen LogP contribution in [-0.2, 0) is 11.2 Å². The van der Waals surface area contributed by atoms with Gasteiger partial charge in [0.15, 0.2) is 0 Å². The van der Waals surface area contributed by atoms with Crippen molar-refractivity contribution in [1.82, 2.24) is 10.2 Å². The number of ether oxygens (including phenoxy) is 3. The number of amides is 1. The Labute approximate surface area is 189 Å². The van der Waals surface area contributed by atoms with Crippen LogP contribution in [-0.4, -0.2) is 63.4 Å². The molecule has 0 spiro atoms. The fraction of sp³-hybridized carbons (Fsp3) is 0.480. The summed E-state index contributed by atoms with van der Waals surface area (Å²) >= 11 is 0. The van der Waals surface area contributed by atoms with Crippen molar-refractivity contribution in [2.24, 2.45) is 0 Å². The van der Waals surface area contributed by atoms with E-state index in [0.717, 1.165) is 31.5 Å². The molecule has 174 valence electrons. The first-order chi connectivity index (χ1) is 15.5. The highest BCUT2D eigenvalue weighted by Gasteiger charge is 2.26. The van der Waals surface area contributed by atoms with Crippen molar-refractivity contribution < 1.29 is 23.4 Å². The van der Waals surface area contributed by atoms with E-state index in [0.29, 0.717) is 36.6 Å². The van der Waals surface area contributed by atoms with E-state index in [1.807, 2.05) is 12.1 Å². The summed E-state index contributed by atoms with van der Waals surface area (Å²) in [5.74, 6) is 0.823. The molecule has 1 saturated heterocycles. The number of carbonyl (C=O) groups is 1. The summed E-state index contributed by atoms with van der Waals surface area (Å²) in [5.41, 5.74) is 1.23. The third-order valence-electron chi connectivity index (χ3n) is 5.89. The van der Waals surface area contributed by atoms with Crippen molar-refractivity contribution in [3.8, 4) is 11.5 Å². The summed E-state index contributed by atoms with van der Waals surface area (Å²) in [6, 6.07) is 12.4. The normalized spacial score (nSPS) is 15.9. The molecule has 1 aliphatic heterocycles. The molecule has 1 N–H and O–H groups in total. The van der Waals surface area contributed by atoms with E-state index in [-0.39, 0.29) is 23.9 Å². The Hall–Kier alpha value is -2.64.